The third-order valence-electron chi connectivity index (χ3n) is 7.93. The largest absolute Gasteiger partial charge is 0.356 e. The van der Waals surface area contributed by atoms with Crippen molar-refractivity contribution >= 4 is 34.7 Å². The summed E-state index contributed by atoms with van der Waals surface area (Å²) in [5, 5.41) is 3.10. The molecule has 4 heterocycles. The van der Waals surface area contributed by atoms with E-state index in [9.17, 15) is 9.59 Å². The van der Waals surface area contributed by atoms with Crippen molar-refractivity contribution in [2.45, 2.75) is 38.1 Å². The Balaban J connectivity index is 1.15. The van der Waals surface area contributed by atoms with Gasteiger partial charge in [0.1, 0.15) is 11.5 Å². The highest BCUT2D eigenvalue weighted by atomic mass is 32.1. The van der Waals surface area contributed by atoms with Crippen LogP contribution in [0.15, 0.2) is 72.8 Å². The Morgan fingerprint density at radius 1 is 0.821 bits per heavy atom. The van der Waals surface area contributed by atoms with E-state index in [1.165, 1.54) is 22.5 Å². The second-order valence-corrected chi connectivity index (χ2v) is 11.6. The molecule has 7 heteroatoms. The van der Waals surface area contributed by atoms with Gasteiger partial charge in [0.2, 0.25) is 0 Å². The molecule has 1 aliphatic carbocycles. The zero-order chi connectivity index (χ0) is 26.3. The number of nitrogens with zero attached hydrogens (tertiary/aromatic N) is 3. The molecule has 0 spiro atoms. The lowest BCUT2D eigenvalue weighted by Gasteiger charge is -2.25. The van der Waals surface area contributed by atoms with Crippen molar-refractivity contribution in [1.29, 1.82) is 0 Å². The van der Waals surface area contributed by atoms with Gasteiger partial charge in [-0.25, -0.2) is 4.98 Å². The fourth-order valence-corrected chi connectivity index (χ4v) is 6.80. The summed E-state index contributed by atoms with van der Waals surface area (Å²) in [4.78, 5) is 37.5. The van der Waals surface area contributed by atoms with E-state index in [1.807, 2.05) is 47.4 Å². The summed E-state index contributed by atoms with van der Waals surface area (Å²) in [6.07, 6.45) is 4.76. The van der Waals surface area contributed by atoms with Gasteiger partial charge in [-0.15, -0.1) is 11.3 Å². The van der Waals surface area contributed by atoms with Crippen LogP contribution in [0.25, 0.3) is 10.4 Å². The molecular formula is C32H30N4O2S. The standard InChI is InChI=1S/C32H30N4O2S/c37-31(33-24-12-13-24)28-20-23-16-19-36(27-10-4-3-8-25(27)30(23)39-28)32(38)26-9-5-11-29(34-26)35-17-14-21-6-1-2-7-22(21)15-18-35/h1-11,20,24H,12-19H2,(H,33,37). The molecular weight excluding hydrogens is 504 g/mol. The van der Waals surface area contributed by atoms with E-state index in [0.29, 0.717) is 24.7 Å². The maximum Gasteiger partial charge on any atom is 0.276 e. The molecule has 2 aliphatic heterocycles. The van der Waals surface area contributed by atoms with E-state index in [1.54, 1.807) is 0 Å². The molecule has 0 saturated heterocycles. The van der Waals surface area contributed by atoms with E-state index in [-0.39, 0.29) is 11.8 Å². The molecule has 4 aromatic rings. The fourth-order valence-electron chi connectivity index (χ4n) is 5.66. The Labute approximate surface area is 232 Å². The number of para-hydroxylation sites is 1. The van der Waals surface area contributed by atoms with E-state index in [4.69, 9.17) is 4.98 Å². The molecule has 7 rings (SSSR count). The van der Waals surface area contributed by atoms with Crippen molar-refractivity contribution in [3.05, 3.63) is 100 Å². The van der Waals surface area contributed by atoms with Crippen molar-refractivity contribution in [2.24, 2.45) is 0 Å². The van der Waals surface area contributed by atoms with Gasteiger partial charge < -0.3 is 15.1 Å². The van der Waals surface area contributed by atoms with Crippen LogP contribution in [-0.4, -0.2) is 42.5 Å². The summed E-state index contributed by atoms with van der Waals surface area (Å²) < 4.78 is 0. The van der Waals surface area contributed by atoms with Gasteiger partial charge in [-0.1, -0.05) is 48.5 Å². The van der Waals surface area contributed by atoms with Crippen LogP contribution < -0.4 is 15.1 Å². The van der Waals surface area contributed by atoms with Crippen molar-refractivity contribution < 1.29 is 9.59 Å². The van der Waals surface area contributed by atoms with Crippen molar-refractivity contribution in [1.82, 2.24) is 10.3 Å². The first-order valence-corrected chi connectivity index (χ1v) is 14.6. The second-order valence-electron chi connectivity index (χ2n) is 10.6. The number of fused-ring (bicyclic) bond motifs is 4. The van der Waals surface area contributed by atoms with Crippen LogP contribution in [0.5, 0.6) is 0 Å². The fraction of sp³-hybridized carbons (Fsp3) is 0.281. The minimum atomic E-state index is -0.0933. The third kappa shape index (κ3) is 4.72. The zero-order valence-electron chi connectivity index (χ0n) is 21.7. The molecule has 1 fully saturated rings. The summed E-state index contributed by atoms with van der Waals surface area (Å²) >= 11 is 1.52. The predicted molar refractivity (Wildman–Crippen MR) is 156 cm³/mol. The maximum atomic E-state index is 14.0. The van der Waals surface area contributed by atoms with Crippen LogP contribution >= 0.6 is 11.3 Å². The first-order chi connectivity index (χ1) is 19.1. The Bertz CT molecular complexity index is 1550. The Hall–Kier alpha value is -3.97. The molecule has 0 unspecified atom stereocenters. The van der Waals surface area contributed by atoms with Gasteiger partial charge in [0, 0.05) is 36.1 Å². The number of rotatable bonds is 4. The number of carbonyl (C=O) groups excluding carboxylic acids is 2. The number of carbonyl (C=O) groups is 2. The van der Waals surface area contributed by atoms with Crippen LogP contribution in [0.3, 0.4) is 0 Å². The zero-order valence-corrected chi connectivity index (χ0v) is 22.5. The van der Waals surface area contributed by atoms with Gasteiger partial charge in [0.25, 0.3) is 11.8 Å². The van der Waals surface area contributed by atoms with Crippen molar-refractivity contribution in [3.63, 3.8) is 0 Å². The Kier molecular flexibility index (Phi) is 6.16. The van der Waals surface area contributed by atoms with Crippen molar-refractivity contribution in [3.8, 4) is 10.4 Å². The summed E-state index contributed by atoms with van der Waals surface area (Å²) in [6.45, 7) is 2.30. The summed E-state index contributed by atoms with van der Waals surface area (Å²) in [7, 11) is 0. The topological polar surface area (TPSA) is 65.5 Å². The van der Waals surface area contributed by atoms with Gasteiger partial charge in [-0.05, 0) is 73.1 Å². The molecule has 1 N–H and O–H groups in total. The average molecular weight is 535 g/mol. The lowest BCUT2D eigenvalue weighted by Crippen LogP contribution is -2.34. The molecule has 2 amide bonds. The number of aromatic nitrogens is 1. The Morgan fingerprint density at radius 2 is 1.54 bits per heavy atom. The summed E-state index contributed by atoms with van der Waals surface area (Å²) in [5.41, 5.74) is 6.24. The van der Waals surface area contributed by atoms with Crippen LogP contribution in [0, 0.1) is 0 Å². The van der Waals surface area contributed by atoms with Crippen LogP contribution in [-0.2, 0) is 19.3 Å². The van der Waals surface area contributed by atoms with Gasteiger partial charge in [0.05, 0.1) is 10.6 Å². The number of hydrogen-bond acceptors (Lipinski definition) is 5. The smallest absolute Gasteiger partial charge is 0.276 e. The molecule has 6 nitrogen and oxygen atoms in total. The van der Waals surface area contributed by atoms with Crippen LogP contribution in [0.4, 0.5) is 11.5 Å². The van der Waals surface area contributed by atoms with E-state index >= 15 is 0 Å². The minimum absolute atomic E-state index is 0.0126. The molecule has 0 atom stereocenters. The first-order valence-electron chi connectivity index (χ1n) is 13.8. The summed E-state index contributed by atoms with van der Waals surface area (Å²) in [6, 6.07) is 24.8. The van der Waals surface area contributed by atoms with Gasteiger partial charge in [0.15, 0.2) is 0 Å². The molecule has 0 radical (unpaired) electrons. The number of thiophene rings is 1. The lowest BCUT2D eigenvalue weighted by molar-refractivity contribution is 0.0952. The average Bonchev–Trinajstić information content (AvgIpc) is 3.75. The normalized spacial score (nSPS) is 16.4. The van der Waals surface area contributed by atoms with E-state index < -0.39 is 0 Å². The lowest BCUT2D eigenvalue weighted by atomic mass is 10.0. The highest BCUT2D eigenvalue weighted by molar-refractivity contribution is 7.17. The number of nitrogens with one attached hydrogen (secondary N) is 1. The number of pyridine rings is 1. The van der Waals surface area contributed by atoms with Crippen molar-refractivity contribution in [2.75, 3.05) is 29.4 Å². The quantitative estimate of drug-likeness (QED) is 0.375. The summed E-state index contributed by atoms with van der Waals surface area (Å²) in [5.74, 6) is 0.769. The number of hydrogen-bond donors (Lipinski definition) is 1. The molecule has 0 bridgehead atoms. The molecule has 2 aromatic heterocycles. The SMILES string of the molecule is O=C(NC1CC1)c1cc2c(s1)-c1ccccc1N(C(=O)c1cccc(N3CCc4ccccc4CC3)n1)CC2. The van der Waals surface area contributed by atoms with Gasteiger partial charge >= 0.3 is 0 Å². The number of anilines is 2. The Morgan fingerprint density at radius 3 is 2.31 bits per heavy atom. The predicted octanol–water partition coefficient (Wildman–Crippen LogP) is 5.51. The molecule has 3 aliphatic rings. The van der Waals surface area contributed by atoms with E-state index in [0.717, 1.165) is 71.2 Å². The molecule has 39 heavy (non-hydrogen) atoms. The van der Waals surface area contributed by atoms with Crippen LogP contribution in [0.2, 0.25) is 0 Å². The maximum absolute atomic E-state index is 14.0. The number of benzene rings is 2. The molecule has 1 saturated carbocycles. The molecule has 2 aromatic carbocycles. The van der Waals surface area contributed by atoms with Gasteiger partial charge in [-0.2, -0.15) is 0 Å². The van der Waals surface area contributed by atoms with E-state index in [2.05, 4.69) is 40.5 Å². The highest BCUT2D eigenvalue weighted by Gasteiger charge is 2.30. The first kappa shape index (κ1) is 24.1. The molecule has 196 valence electrons. The van der Waals surface area contributed by atoms with Crippen LogP contribution in [0.1, 0.15) is 49.7 Å². The highest BCUT2D eigenvalue weighted by Crippen LogP contribution is 2.42. The second kappa shape index (κ2) is 9.97. The van der Waals surface area contributed by atoms with Gasteiger partial charge in [-0.3, -0.25) is 9.59 Å². The monoisotopic (exact) mass is 534 g/mol. The third-order valence-corrected chi connectivity index (χ3v) is 9.14. The minimum Gasteiger partial charge on any atom is -0.356 e. The number of amides is 2.